The van der Waals surface area contributed by atoms with Gasteiger partial charge in [-0.3, -0.25) is 4.79 Å². The zero-order valence-electron chi connectivity index (χ0n) is 14.9. The Morgan fingerprint density at radius 1 is 1.12 bits per heavy atom. The van der Waals surface area contributed by atoms with Crippen LogP contribution < -0.4 is 10.5 Å². The van der Waals surface area contributed by atoms with Crippen molar-refractivity contribution in [1.29, 1.82) is 0 Å². The van der Waals surface area contributed by atoms with E-state index < -0.39 is 0 Å². The molecule has 4 nitrogen and oxygen atoms in total. The molecule has 0 spiro atoms. The lowest BCUT2D eigenvalue weighted by Crippen LogP contribution is -2.39. The number of rotatable bonds is 8. The van der Waals surface area contributed by atoms with Crippen molar-refractivity contribution < 1.29 is 9.53 Å². The third kappa shape index (κ3) is 6.07. The van der Waals surface area contributed by atoms with Gasteiger partial charge in [0.05, 0.1) is 13.0 Å². The van der Waals surface area contributed by atoms with Gasteiger partial charge in [0.2, 0.25) is 5.91 Å². The molecule has 2 aromatic rings. The fourth-order valence-corrected chi connectivity index (χ4v) is 2.72. The zero-order chi connectivity index (χ0) is 17.4. The van der Waals surface area contributed by atoms with Crippen molar-refractivity contribution in [2.45, 2.75) is 19.3 Å². The van der Waals surface area contributed by atoms with Crippen molar-refractivity contribution in [2.75, 3.05) is 26.7 Å². The first-order chi connectivity index (χ1) is 11.7. The topological polar surface area (TPSA) is 55.6 Å². The number of carbonyl (C=O) groups is 1. The number of hydrogen-bond acceptors (Lipinski definition) is 3. The van der Waals surface area contributed by atoms with E-state index in [2.05, 4.69) is 12.1 Å². The van der Waals surface area contributed by atoms with Gasteiger partial charge in [0.25, 0.3) is 0 Å². The van der Waals surface area contributed by atoms with Crippen LogP contribution in [0.2, 0.25) is 0 Å². The summed E-state index contributed by atoms with van der Waals surface area (Å²) in [6, 6.07) is 17.9. The predicted molar refractivity (Wildman–Crippen MR) is 104 cm³/mol. The van der Waals surface area contributed by atoms with E-state index in [-0.39, 0.29) is 24.2 Å². The molecule has 0 aliphatic carbocycles. The summed E-state index contributed by atoms with van der Waals surface area (Å²) in [5.41, 5.74) is 7.89. The Morgan fingerprint density at radius 3 is 2.48 bits per heavy atom. The van der Waals surface area contributed by atoms with E-state index in [1.165, 1.54) is 5.56 Å². The minimum absolute atomic E-state index is 0. The minimum Gasteiger partial charge on any atom is -0.497 e. The molecule has 0 aromatic heterocycles. The van der Waals surface area contributed by atoms with Crippen molar-refractivity contribution in [3.63, 3.8) is 0 Å². The van der Waals surface area contributed by atoms with Gasteiger partial charge in [-0.1, -0.05) is 42.5 Å². The number of carbonyl (C=O) groups excluding carboxylic acids is 1. The number of benzene rings is 2. The third-order valence-electron chi connectivity index (χ3n) is 4.19. The summed E-state index contributed by atoms with van der Waals surface area (Å²) in [5.74, 6) is 0.647. The van der Waals surface area contributed by atoms with Gasteiger partial charge in [0, 0.05) is 19.6 Å². The average Bonchev–Trinajstić information content (AvgIpc) is 2.64. The van der Waals surface area contributed by atoms with E-state index in [0.717, 1.165) is 17.7 Å². The Hall–Kier alpha value is -2.04. The maximum absolute atomic E-state index is 12.9. The smallest absolute Gasteiger partial charge is 0.229 e. The van der Waals surface area contributed by atoms with Crippen LogP contribution in [0.1, 0.15) is 24.0 Å². The number of halogens is 1. The first-order valence-electron chi connectivity index (χ1n) is 8.32. The molecule has 2 rings (SSSR count). The number of amides is 1. The molecule has 1 unspecified atom stereocenters. The molecule has 136 valence electrons. The van der Waals surface area contributed by atoms with Crippen molar-refractivity contribution in [2.24, 2.45) is 5.73 Å². The molecule has 2 N–H and O–H groups in total. The van der Waals surface area contributed by atoms with Crippen LogP contribution in [0.25, 0.3) is 0 Å². The predicted octanol–water partition coefficient (Wildman–Crippen LogP) is 3.25. The van der Waals surface area contributed by atoms with Crippen molar-refractivity contribution in [3.05, 3.63) is 65.7 Å². The van der Waals surface area contributed by atoms with E-state index in [9.17, 15) is 4.79 Å². The lowest BCUT2D eigenvalue weighted by Gasteiger charge is -2.26. The molecular weight excluding hydrogens is 336 g/mol. The van der Waals surface area contributed by atoms with Crippen LogP contribution in [0.4, 0.5) is 0 Å². The highest BCUT2D eigenvalue weighted by molar-refractivity contribution is 5.85. The summed E-state index contributed by atoms with van der Waals surface area (Å²) in [4.78, 5) is 14.7. The summed E-state index contributed by atoms with van der Waals surface area (Å²) in [7, 11) is 1.63. The van der Waals surface area contributed by atoms with Gasteiger partial charge in [-0.05, 0) is 36.6 Å². The third-order valence-corrected chi connectivity index (χ3v) is 4.19. The highest BCUT2D eigenvalue weighted by Crippen LogP contribution is 2.22. The number of ether oxygens (including phenoxy) is 1. The molecule has 0 saturated heterocycles. The highest BCUT2D eigenvalue weighted by atomic mass is 35.5. The van der Waals surface area contributed by atoms with E-state index in [1.54, 1.807) is 7.11 Å². The largest absolute Gasteiger partial charge is 0.497 e. The van der Waals surface area contributed by atoms with Gasteiger partial charge < -0.3 is 15.4 Å². The first kappa shape index (κ1) is 21.0. The van der Waals surface area contributed by atoms with Crippen LogP contribution in [-0.4, -0.2) is 37.6 Å². The number of hydrogen-bond donors (Lipinski definition) is 1. The van der Waals surface area contributed by atoms with Crippen LogP contribution in [0, 0.1) is 0 Å². The maximum atomic E-state index is 12.9. The molecule has 25 heavy (non-hydrogen) atoms. The molecule has 5 heteroatoms. The standard InChI is InChI=1S/C20H26N2O2.ClH/c1-16(18-9-6-10-19(15-18)24-2)20(23)22(14-12-21)13-11-17-7-4-3-5-8-17;/h3-10,15-16H,11-14,21H2,1-2H3;1H. The lowest BCUT2D eigenvalue weighted by molar-refractivity contribution is -0.132. The Morgan fingerprint density at radius 2 is 1.84 bits per heavy atom. The molecule has 1 amide bonds. The molecule has 0 radical (unpaired) electrons. The number of nitrogens with two attached hydrogens (primary N) is 1. The highest BCUT2D eigenvalue weighted by Gasteiger charge is 2.21. The second-order valence-corrected chi connectivity index (χ2v) is 5.85. The van der Waals surface area contributed by atoms with Crippen LogP contribution >= 0.6 is 12.4 Å². The molecule has 0 aliphatic rings. The quantitative estimate of drug-likeness (QED) is 0.784. The van der Waals surface area contributed by atoms with Crippen molar-refractivity contribution >= 4 is 18.3 Å². The Balaban J connectivity index is 0.00000312. The molecule has 0 bridgehead atoms. The monoisotopic (exact) mass is 362 g/mol. The summed E-state index contributed by atoms with van der Waals surface area (Å²) in [5, 5.41) is 0. The van der Waals surface area contributed by atoms with E-state index in [1.807, 2.05) is 54.3 Å². The molecule has 2 aromatic carbocycles. The Bertz CT molecular complexity index is 649. The second-order valence-electron chi connectivity index (χ2n) is 5.85. The summed E-state index contributed by atoms with van der Waals surface area (Å²) < 4.78 is 5.25. The fraction of sp³-hybridized carbons (Fsp3) is 0.350. The van der Waals surface area contributed by atoms with Gasteiger partial charge in [-0.25, -0.2) is 0 Å². The van der Waals surface area contributed by atoms with E-state index in [0.29, 0.717) is 19.6 Å². The van der Waals surface area contributed by atoms with Crippen LogP contribution in [0.15, 0.2) is 54.6 Å². The van der Waals surface area contributed by atoms with Gasteiger partial charge in [-0.2, -0.15) is 0 Å². The Labute approximate surface area is 156 Å². The second kappa shape index (κ2) is 10.7. The molecule has 0 aliphatic heterocycles. The van der Waals surface area contributed by atoms with E-state index >= 15 is 0 Å². The van der Waals surface area contributed by atoms with Crippen LogP contribution in [0.5, 0.6) is 5.75 Å². The molecule has 1 atom stereocenters. The normalized spacial score (nSPS) is 11.3. The maximum Gasteiger partial charge on any atom is 0.229 e. The van der Waals surface area contributed by atoms with Crippen molar-refractivity contribution in [1.82, 2.24) is 4.90 Å². The molecular formula is C20H27ClN2O2. The number of methoxy groups -OCH3 is 1. The Kier molecular flexibility index (Phi) is 9.03. The summed E-state index contributed by atoms with van der Waals surface area (Å²) in [6.07, 6.45) is 0.831. The van der Waals surface area contributed by atoms with Crippen LogP contribution in [-0.2, 0) is 11.2 Å². The fourth-order valence-electron chi connectivity index (χ4n) is 2.72. The number of nitrogens with zero attached hydrogens (tertiary/aromatic N) is 1. The van der Waals surface area contributed by atoms with Gasteiger partial charge in [0.1, 0.15) is 5.75 Å². The minimum atomic E-state index is -0.220. The average molecular weight is 363 g/mol. The van der Waals surface area contributed by atoms with Gasteiger partial charge >= 0.3 is 0 Å². The van der Waals surface area contributed by atoms with Gasteiger partial charge in [-0.15, -0.1) is 12.4 Å². The molecule has 0 heterocycles. The van der Waals surface area contributed by atoms with E-state index in [4.69, 9.17) is 10.5 Å². The first-order valence-corrected chi connectivity index (χ1v) is 8.32. The molecule has 0 fully saturated rings. The van der Waals surface area contributed by atoms with Gasteiger partial charge in [0.15, 0.2) is 0 Å². The summed E-state index contributed by atoms with van der Waals surface area (Å²) >= 11 is 0. The SMILES string of the molecule is COc1cccc(C(C)C(=O)N(CCN)CCc2ccccc2)c1.Cl. The lowest BCUT2D eigenvalue weighted by atomic mass is 9.99. The summed E-state index contributed by atoms with van der Waals surface area (Å²) in [6.45, 7) is 3.64. The van der Waals surface area contributed by atoms with Crippen molar-refractivity contribution in [3.8, 4) is 5.75 Å². The van der Waals surface area contributed by atoms with Crippen LogP contribution in [0.3, 0.4) is 0 Å². The zero-order valence-corrected chi connectivity index (χ0v) is 15.7. The molecule has 0 saturated carbocycles.